The van der Waals surface area contributed by atoms with Crippen LogP contribution >= 0.6 is 0 Å². The minimum Gasteiger partial charge on any atom is -0.493 e. The van der Waals surface area contributed by atoms with Gasteiger partial charge in [-0.05, 0) is 61.1 Å². The summed E-state index contributed by atoms with van der Waals surface area (Å²) in [6.07, 6.45) is 10.3. The maximum Gasteiger partial charge on any atom is 0.236 e. The number of aliphatic hydroxyl groups is 1. The van der Waals surface area contributed by atoms with Crippen LogP contribution in [0.3, 0.4) is 0 Å². The van der Waals surface area contributed by atoms with E-state index >= 15 is 0 Å². The SMILES string of the molecule is C/C=C/C(C)(C)C[C@H]1C[C@@H](c2ccc3c(c2)CCO3)CN1CC(=O)N(CCCC)CCCO. The van der Waals surface area contributed by atoms with Crippen molar-refractivity contribution in [2.24, 2.45) is 5.41 Å². The van der Waals surface area contributed by atoms with Gasteiger partial charge in [-0.3, -0.25) is 9.69 Å². The number of hydrogen-bond acceptors (Lipinski definition) is 4. The van der Waals surface area contributed by atoms with Gasteiger partial charge in [0.25, 0.3) is 0 Å². The molecule has 2 aliphatic rings. The van der Waals surface area contributed by atoms with Crippen molar-refractivity contribution in [2.45, 2.75) is 78.2 Å². The summed E-state index contributed by atoms with van der Waals surface area (Å²) in [6, 6.07) is 7.07. The van der Waals surface area contributed by atoms with Gasteiger partial charge >= 0.3 is 0 Å². The molecule has 33 heavy (non-hydrogen) atoms. The van der Waals surface area contributed by atoms with Gasteiger partial charge in [0.2, 0.25) is 5.91 Å². The summed E-state index contributed by atoms with van der Waals surface area (Å²) in [5.74, 6) is 1.68. The minimum atomic E-state index is 0.0974. The van der Waals surface area contributed by atoms with E-state index in [2.05, 4.69) is 62.9 Å². The average molecular weight is 457 g/mol. The maximum atomic E-state index is 13.3. The predicted octanol–water partition coefficient (Wildman–Crippen LogP) is 4.78. The van der Waals surface area contributed by atoms with Crippen molar-refractivity contribution in [2.75, 3.05) is 39.4 Å². The smallest absolute Gasteiger partial charge is 0.236 e. The zero-order valence-electron chi connectivity index (χ0n) is 21.2. The fraction of sp³-hybridized carbons (Fsp3) is 0.679. The molecule has 1 amide bonds. The molecule has 5 nitrogen and oxygen atoms in total. The van der Waals surface area contributed by atoms with Crippen LogP contribution < -0.4 is 4.74 Å². The summed E-state index contributed by atoms with van der Waals surface area (Å²) in [5.41, 5.74) is 2.80. The van der Waals surface area contributed by atoms with Crippen LogP contribution in [0.1, 0.15) is 76.8 Å². The number of likely N-dealkylation sites (tertiary alicyclic amines) is 1. The van der Waals surface area contributed by atoms with Crippen LogP contribution in [0.4, 0.5) is 0 Å². The second kappa shape index (κ2) is 12.0. The molecule has 0 saturated carbocycles. The normalized spacial score (nSPS) is 20.9. The topological polar surface area (TPSA) is 53.0 Å². The predicted molar refractivity (Wildman–Crippen MR) is 135 cm³/mol. The van der Waals surface area contributed by atoms with Crippen LogP contribution in [0.2, 0.25) is 0 Å². The molecule has 0 bridgehead atoms. The lowest BCUT2D eigenvalue weighted by molar-refractivity contribution is -0.133. The standard InChI is InChI=1S/C28H44N2O3/c1-5-7-13-29(14-8-15-31)27(32)21-30-20-24(18-25(30)19-28(3,4)12-6-2)22-9-10-26-23(17-22)11-16-33-26/h6,9-10,12,17,24-25,31H,5,7-8,11,13-16,18-21H2,1-4H3/b12-6+/t24-,25-/m1/s1. The number of allylic oxidation sites excluding steroid dienone is 2. The number of aliphatic hydroxyl groups excluding tert-OH is 1. The molecule has 1 aromatic carbocycles. The minimum absolute atomic E-state index is 0.0974. The summed E-state index contributed by atoms with van der Waals surface area (Å²) in [7, 11) is 0. The number of nitrogens with zero attached hydrogens (tertiary/aromatic N) is 2. The Morgan fingerprint density at radius 2 is 2.09 bits per heavy atom. The monoisotopic (exact) mass is 456 g/mol. The van der Waals surface area contributed by atoms with Crippen molar-refractivity contribution in [1.29, 1.82) is 0 Å². The van der Waals surface area contributed by atoms with E-state index in [1.807, 2.05) is 4.90 Å². The second-order valence-electron chi connectivity index (χ2n) is 10.5. The van der Waals surface area contributed by atoms with Gasteiger partial charge < -0.3 is 14.7 Å². The fourth-order valence-corrected chi connectivity index (χ4v) is 5.46. The van der Waals surface area contributed by atoms with Crippen LogP contribution in [-0.2, 0) is 11.2 Å². The van der Waals surface area contributed by atoms with Gasteiger partial charge in [0.15, 0.2) is 0 Å². The lowest BCUT2D eigenvalue weighted by Gasteiger charge is -2.32. The molecular weight excluding hydrogens is 412 g/mol. The number of benzene rings is 1. The van der Waals surface area contributed by atoms with E-state index < -0.39 is 0 Å². The van der Waals surface area contributed by atoms with Crippen LogP contribution in [0.15, 0.2) is 30.4 Å². The molecule has 1 aromatic rings. The van der Waals surface area contributed by atoms with Crippen LogP contribution in [0.5, 0.6) is 5.75 Å². The molecule has 0 spiro atoms. The number of rotatable bonds is 12. The summed E-state index contributed by atoms with van der Waals surface area (Å²) < 4.78 is 5.71. The van der Waals surface area contributed by atoms with E-state index in [0.29, 0.717) is 31.5 Å². The Morgan fingerprint density at radius 3 is 2.82 bits per heavy atom. The van der Waals surface area contributed by atoms with Gasteiger partial charge in [-0.25, -0.2) is 0 Å². The van der Waals surface area contributed by atoms with Crippen LogP contribution in [-0.4, -0.2) is 66.2 Å². The number of unbranched alkanes of at least 4 members (excludes halogenated alkanes) is 1. The summed E-state index contributed by atoms with van der Waals surface area (Å²) in [5, 5.41) is 9.29. The Bertz CT molecular complexity index is 796. The summed E-state index contributed by atoms with van der Waals surface area (Å²) >= 11 is 0. The van der Waals surface area contributed by atoms with E-state index in [4.69, 9.17) is 4.74 Å². The first-order valence-electron chi connectivity index (χ1n) is 12.9. The van der Waals surface area contributed by atoms with E-state index in [1.165, 1.54) is 11.1 Å². The molecule has 0 unspecified atom stereocenters. The maximum absolute atomic E-state index is 13.3. The Labute approximate surface area is 200 Å². The van der Waals surface area contributed by atoms with E-state index in [9.17, 15) is 9.90 Å². The molecule has 3 rings (SSSR count). The highest BCUT2D eigenvalue weighted by Crippen LogP contribution is 2.39. The van der Waals surface area contributed by atoms with Crippen molar-refractivity contribution in [3.8, 4) is 5.75 Å². The van der Waals surface area contributed by atoms with Gasteiger partial charge in [0.1, 0.15) is 5.75 Å². The largest absolute Gasteiger partial charge is 0.493 e. The number of amides is 1. The highest BCUT2D eigenvalue weighted by Gasteiger charge is 2.37. The fourth-order valence-electron chi connectivity index (χ4n) is 5.46. The average Bonchev–Trinajstić information content (AvgIpc) is 3.40. The molecule has 1 saturated heterocycles. The van der Waals surface area contributed by atoms with E-state index in [1.54, 1.807) is 0 Å². The first-order valence-corrected chi connectivity index (χ1v) is 12.9. The zero-order valence-corrected chi connectivity index (χ0v) is 21.2. The molecule has 0 aromatic heterocycles. The number of hydrogen-bond donors (Lipinski definition) is 1. The third-order valence-corrected chi connectivity index (χ3v) is 7.15. The number of ether oxygens (including phenoxy) is 1. The zero-order chi connectivity index (χ0) is 23.8. The van der Waals surface area contributed by atoms with E-state index in [-0.39, 0.29) is 17.9 Å². The molecule has 1 N–H and O–H groups in total. The molecule has 0 aliphatic carbocycles. The molecule has 1 fully saturated rings. The third-order valence-electron chi connectivity index (χ3n) is 7.15. The third kappa shape index (κ3) is 7.07. The first-order chi connectivity index (χ1) is 15.9. The van der Waals surface area contributed by atoms with E-state index in [0.717, 1.165) is 57.6 Å². The molecule has 2 atom stereocenters. The summed E-state index contributed by atoms with van der Waals surface area (Å²) in [4.78, 5) is 17.7. The molecular formula is C28H44N2O3. The van der Waals surface area contributed by atoms with Crippen molar-refractivity contribution >= 4 is 5.91 Å². The Kier molecular flexibility index (Phi) is 9.39. The van der Waals surface area contributed by atoms with Gasteiger partial charge in [-0.15, -0.1) is 0 Å². The molecule has 184 valence electrons. The molecule has 0 radical (unpaired) electrons. The van der Waals surface area contributed by atoms with Crippen LogP contribution in [0.25, 0.3) is 0 Å². The lowest BCUT2D eigenvalue weighted by Crippen LogP contribution is -2.44. The number of carbonyl (C=O) groups excluding carboxylic acids is 1. The van der Waals surface area contributed by atoms with Crippen molar-refractivity contribution in [3.63, 3.8) is 0 Å². The molecule has 2 heterocycles. The van der Waals surface area contributed by atoms with Crippen molar-refractivity contribution in [1.82, 2.24) is 9.80 Å². The second-order valence-corrected chi connectivity index (χ2v) is 10.5. The van der Waals surface area contributed by atoms with Gasteiger partial charge in [-0.2, -0.15) is 0 Å². The van der Waals surface area contributed by atoms with Gasteiger partial charge in [0, 0.05) is 38.7 Å². The Hall–Kier alpha value is -1.85. The number of carbonyl (C=O) groups is 1. The quantitative estimate of drug-likeness (QED) is 0.460. The van der Waals surface area contributed by atoms with Crippen molar-refractivity contribution < 1.29 is 14.6 Å². The van der Waals surface area contributed by atoms with Crippen molar-refractivity contribution in [3.05, 3.63) is 41.5 Å². The van der Waals surface area contributed by atoms with Gasteiger partial charge in [0.05, 0.1) is 13.2 Å². The number of fused-ring (bicyclic) bond motifs is 1. The molecule has 5 heteroatoms. The van der Waals surface area contributed by atoms with Gasteiger partial charge in [-0.1, -0.05) is 51.5 Å². The molecule has 2 aliphatic heterocycles. The Morgan fingerprint density at radius 1 is 1.30 bits per heavy atom. The highest BCUT2D eigenvalue weighted by atomic mass is 16.5. The lowest BCUT2D eigenvalue weighted by atomic mass is 9.83. The highest BCUT2D eigenvalue weighted by molar-refractivity contribution is 5.78. The Balaban J connectivity index is 1.75. The summed E-state index contributed by atoms with van der Waals surface area (Å²) in [6.45, 7) is 12.6. The van der Waals surface area contributed by atoms with Crippen LogP contribution in [0, 0.1) is 5.41 Å². The first kappa shape index (κ1) is 25.8.